The third-order valence-corrected chi connectivity index (χ3v) is 3.19. The second kappa shape index (κ2) is 5.77. The topological polar surface area (TPSA) is 59.5 Å². The van der Waals surface area contributed by atoms with E-state index in [0.29, 0.717) is 19.5 Å². The van der Waals surface area contributed by atoms with Crippen molar-refractivity contribution in [2.45, 2.75) is 12.8 Å². The van der Waals surface area contributed by atoms with Crippen LogP contribution in [0.15, 0.2) is 18.5 Å². The fourth-order valence-corrected chi connectivity index (χ4v) is 2.23. The van der Waals surface area contributed by atoms with Gasteiger partial charge < -0.3 is 9.64 Å². The Morgan fingerprint density at radius 1 is 1.47 bits per heavy atom. The van der Waals surface area contributed by atoms with Gasteiger partial charge in [-0.2, -0.15) is 0 Å². The van der Waals surface area contributed by atoms with Crippen molar-refractivity contribution >= 4 is 11.9 Å². The van der Waals surface area contributed by atoms with Gasteiger partial charge in [-0.05, 0) is 18.9 Å². The van der Waals surface area contributed by atoms with Crippen LogP contribution in [0.25, 0.3) is 0 Å². The van der Waals surface area contributed by atoms with E-state index in [1.54, 1.807) is 4.90 Å². The highest BCUT2D eigenvalue weighted by Gasteiger charge is 2.29. The molecule has 2 rings (SSSR count). The molecule has 5 nitrogen and oxygen atoms in total. The van der Waals surface area contributed by atoms with Crippen molar-refractivity contribution in [3.8, 4) is 0 Å². The summed E-state index contributed by atoms with van der Waals surface area (Å²) < 4.78 is 17.7. The van der Waals surface area contributed by atoms with Crippen molar-refractivity contribution in [3.63, 3.8) is 0 Å². The molecule has 0 N–H and O–H groups in total. The summed E-state index contributed by atoms with van der Waals surface area (Å²) in [4.78, 5) is 28.9. The monoisotopic (exact) mass is 266 g/mol. The molecule has 0 aromatic carbocycles. The van der Waals surface area contributed by atoms with Gasteiger partial charge in [0.1, 0.15) is 5.82 Å². The van der Waals surface area contributed by atoms with Crippen LogP contribution in [-0.4, -0.2) is 42.0 Å². The second-order valence-corrected chi connectivity index (χ2v) is 4.51. The Morgan fingerprint density at radius 3 is 2.95 bits per heavy atom. The van der Waals surface area contributed by atoms with Crippen LogP contribution < -0.4 is 0 Å². The second-order valence-electron chi connectivity index (χ2n) is 4.51. The van der Waals surface area contributed by atoms with E-state index in [0.717, 1.165) is 18.7 Å². The number of esters is 1. The number of piperidine rings is 1. The summed E-state index contributed by atoms with van der Waals surface area (Å²) >= 11 is 0. The number of nitrogens with zero attached hydrogens (tertiary/aromatic N) is 2. The Morgan fingerprint density at radius 2 is 2.26 bits per heavy atom. The van der Waals surface area contributed by atoms with E-state index in [-0.39, 0.29) is 23.4 Å². The Bertz CT molecular complexity index is 493. The highest BCUT2D eigenvalue weighted by molar-refractivity contribution is 5.94. The molecule has 0 spiro atoms. The smallest absolute Gasteiger partial charge is 0.310 e. The van der Waals surface area contributed by atoms with Crippen LogP contribution in [0.4, 0.5) is 4.39 Å². The molecule has 1 unspecified atom stereocenters. The molecule has 0 bridgehead atoms. The first-order valence-corrected chi connectivity index (χ1v) is 6.09. The average molecular weight is 266 g/mol. The first-order valence-electron chi connectivity index (χ1n) is 6.09. The van der Waals surface area contributed by atoms with Crippen LogP contribution in [0.2, 0.25) is 0 Å². The number of hydrogen-bond acceptors (Lipinski definition) is 4. The standard InChI is InChI=1S/C13H15FN2O3/c1-19-13(18)9-3-2-4-16(8-9)12(17)10-5-11(14)7-15-6-10/h5-7,9H,2-4,8H2,1H3. The summed E-state index contributed by atoms with van der Waals surface area (Å²) in [5.41, 5.74) is 0.200. The zero-order chi connectivity index (χ0) is 13.8. The van der Waals surface area contributed by atoms with Crippen LogP contribution in [-0.2, 0) is 9.53 Å². The van der Waals surface area contributed by atoms with E-state index in [1.165, 1.54) is 13.3 Å². The lowest BCUT2D eigenvalue weighted by Crippen LogP contribution is -2.42. The SMILES string of the molecule is COC(=O)C1CCCN(C(=O)c2cncc(F)c2)C1. The number of methoxy groups -OCH3 is 1. The van der Waals surface area contributed by atoms with E-state index >= 15 is 0 Å². The van der Waals surface area contributed by atoms with Gasteiger partial charge in [0.15, 0.2) is 0 Å². The molecule has 2 heterocycles. The summed E-state index contributed by atoms with van der Waals surface area (Å²) in [6.45, 7) is 0.866. The molecule has 1 aromatic heterocycles. The van der Waals surface area contributed by atoms with Gasteiger partial charge in [0.05, 0.1) is 24.8 Å². The normalized spacial score (nSPS) is 19.1. The van der Waals surface area contributed by atoms with Gasteiger partial charge in [0.25, 0.3) is 5.91 Å². The molecule has 1 aliphatic heterocycles. The minimum absolute atomic E-state index is 0.200. The molecule has 1 fully saturated rings. The number of pyridine rings is 1. The molecule has 0 aliphatic carbocycles. The Hall–Kier alpha value is -1.98. The minimum Gasteiger partial charge on any atom is -0.469 e. The first-order chi connectivity index (χ1) is 9.11. The number of ether oxygens (including phenoxy) is 1. The van der Waals surface area contributed by atoms with Crippen LogP contribution in [0, 0.1) is 11.7 Å². The Balaban J connectivity index is 2.09. The largest absolute Gasteiger partial charge is 0.469 e. The minimum atomic E-state index is -0.549. The van der Waals surface area contributed by atoms with Gasteiger partial charge in [0.2, 0.25) is 0 Å². The molecule has 6 heteroatoms. The molecule has 1 aliphatic rings. The third kappa shape index (κ3) is 3.07. The maximum absolute atomic E-state index is 13.0. The van der Waals surface area contributed by atoms with Crippen molar-refractivity contribution < 1.29 is 18.7 Å². The van der Waals surface area contributed by atoms with Crippen LogP contribution >= 0.6 is 0 Å². The maximum atomic E-state index is 13.0. The fraction of sp³-hybridized carbons (Fsp3) is 0.462. The molecule has 1 aromatic rings. The molecule has 0 radical (unpaired) electrons. The van der Waals surface area contributed by atoms with E-state index in [9.17, 15) is 14.0 Å². The lowest BCUT2D eigenvalue weighted by atomic mass is 9.97. The lowest BCUT2D eigenvalue weighted by molar-refractivity contribution is -0.146. The highest BCUT2D eigenvalue weighted by atomic mass is 19.1. The maximum Gasteiger partial charge on any atom is 0.310 e. The van der Waals surface area contributed by atoms with Crippen molar-refractivity contribution in [2.75, 3.05) is 20.2 Å². The number of hydrogen-bond donors (Lipinski definition) is 0. The summed E-state index contributed by atoms with van der Waals surface area (Å²) in [6, 6.07) is 1.15. The molecular weight excluding hydrogens is 251 g/mol. The van der Waals surface area contributed by atoms with Crippen molar-refractivity contribution in [2.24, 2.45) is 5.92 Å². The predicted octanol–water partition coefficient (Wildman–Crippen LogP) is 1.25. The van der Waals surface area contributed by atoms with Crippen LogP contribution in [0.5, 0.6) is 0 Å². The van der Waals surface area contributed by atoms with E-state index in [2.05, 4.69) is 4.98 Å². The number of amides is 1. The zero-order valence-electron chi connectivity index (χ0n) is 10.6. The van der Waals surface area contributed by atoms with E-state index in [4.69, 9.17) is 4.74 Å². The fourth-order valence-electron chi connectivity index (χ4n) is 2.23. The van der Waals surface area contributed by atoms with Gasteiger partial charge >= 0.3 is 5.97 Å². The molecule has 102 valence electrons. The van der Waals surface area contributed by atoms with Gasteiger partial charge in [-0.25, -0.2) is 4.39 Å². The van der Waals surface area contributed by atoms with Gasteiger partial charge in [-0.1, -0.05) is 0 Å². The average Bonchev–Trinajstić information content (AvgIpc) is 2.45. The Labute approximate surface area is 110 Å². The number of likely N-dealkylation sites (tertiary alicyclic amines) is 1. The van der Waals surface area contributed by atoms with Gasteiger partial charge in [0, 0.05) is 19.3 Å². The van der Waals surface area contributed by atoms with Crippen molar-refractivity contribution in [1.82, 2.24) is 9.88 Å². The molecule has 1 atom stereocenters. The van der Waals surface area contributed by atoms with Gasteiger partial charge in [-0.15, -0.1) is 0 Å². The number of carbonyl (C=O) groups excluding carboxylic acids is 2. The lowest BCUT2D eigenvalue weighted by Gasteiger charge is -2.31. The quantitative estimate of drug-likeness (QED) is 0.756. The summed E-state index contributed by atoms with van der Waals surface area (Å²) in [6.07, 6.45) is 3.81. The van der Waals surface area contributed by atoms with Gasteiger partial charge in [-0.3, -0.25) is 14.6 Å². The van der Waals surface area contributed by atoms with Crippen molar-refractivity contribution in [3.05, 3.63) is 29.8 Å². The molecule has 19 heavy (non-hydrogen) atoms. The number of rotatable bonds is 2. The van der Waals surface area contributed by atoms with Crippen LogP contribution in [0.3, 0.4) is 0 Å². The van der Waals surface area contributed by atoms with Crippen molar-refractivity contribution in [1.29, 1.82) is 0 Å². The molecular formula is C13H15FN2O3. The number of halogens is 1. The van der Waals surface area contributed by atoms with E-state index in [1.807, 2.05) is 0 Å². The molecule has 0 saturated carbocycles. The summed E-state index contributed by atoms with van der Waals surface area (Å²) in [5.74, 6) is -1.47. The Kier molecular flexibility index (Phi) is 4.09. The first kappa shape index (κ1) is 13.5. The summed E-state index contributed by atoms with van der Waals surface area (Å²) in [7, 11) is 1.33. The summed E-state index contributed by atoms with van der Waals surface area (Å²) in [5, 5.41) is 0. The number of carbonyl (C=O) groups is 2. The number of aromatic nitrogens is 1. The third-order valence-electron chi connectivity index (χ3n) is 3.19. The molecule has 1 amide bonds. The zero-order valence-corrected chi connectivity index (χ0v) is 10.6. The van der Waals surface area contributed by atoms with Crippen LogP contribution in [0.1, 0.15) is 23.2 Å². The molecule has 1 saturated heterocycles. The predicted molar refractivity (Wildman–Crippen MR) is 64.8 cm³/mol. The highest BCUT2D eigenvalue weighted by Crippen LogP contribution is 2.19. The van der Waals surface area contributed by atoms with E-state index < -0.39 is 5.82 Å².